The Balaban J connectivity index is 2.55. The Hall–Kier alpha value is -1.06. The number of nitrogens with one attached hydrogen (secondary N) is 1. The number of aliphatic imine (C=N–C) groups is 1. The van der Waals surface area contributed by atoms with Gasteiger partial charge in [-0.25, -0.2) is 4.79 Å². The number of rotatable bonds is 1. The molecule has 0 aromatic rings. The lowest BCUT2D eigenvalue weighted by Crippen LogP contribution is -2.39. The van der Waals surface area contributed by atoms with E-state index >= 15 is 0 Å². The molecule has 13 heavy (non-hydrogen) atoms. The highest BCUT2D eigenvalue weighted by molar-refractivity contribution is 5.89. The van der Waals surface area contributed by atoms with E-state index in [4.69, 9.17) is 5.11 Å². The van der Waals surface area contributed by atoms with Crippen molar-refractivity contribution in [2.24, 2.45) is 4.99 Å². The van der Waals surface area contributed by atoms with Crippen molar-refractivity contribution >= 4 is 11.8 Å². The Morgan fingerprint density at radius 2 is 2.23 bits per heavy atom. The van der Waals surface area contributed by atoms with E-state index < -0.39 is 12.0 Å². The maximum Gasteiger partial charge on any atom is 0.328 e. The first-order valence-corrected chi connectivity index (χ1v) is 4.46. The predicted octanol–water partition coefficient (Wildman–Crippen LogP) is 1.02. The quantitative estimate of drug-likeness (QED) is 0.639. The van der Waals surface area contributed by atoms with Crippen molar-refractivity contribution in [3.63, 3.8) is 0 Å². The standard InChI is InChI=1S/C9H16N2O2/c1-9(2,3)11-7-5-4-6(10-7)8(12)13/h6H,4-5H2,1-3H3,(H,10,11)(H,12,13). The van der Waals surface area contributed by atoms with E-state index in [2.05, 4.69) is 10.3 Å². The summed E-state index contributed by atoms with van der Waals surface area (Å²) in [5.41, 5.74) is -0.0355. The molecule has 0 aromatic heterocycles. The van der Waals surface area contributed by atoms with Gasteiger partial charge < -0.3 is 10.4 Å². The number of carboxylic acid groups (broad SMARTS) is 1. The van der Waals surface area contributed by atoms with Crippen molar-refractivity contribution in [1.29, 1.82) is 0 Å². The number of carboxylic acids is 1. The molecule has 1 rings (SSSR count). The summed E-state index contributed by atoms with van der Waals surface area (Å²) in [6.45, 7) is 6.09. The zero-order valence-corrected chi connectivity index (χ0v) is 8.29. The van der Waals surface area contributed by atoms with Gasteiger partial charge >= 0.3 is 5.97 Å². The molecule has 1 aliphatic heterocycles. The van der Waals surface area contributed by atoms with E-state index in [0.717, 1.165) is 12.3 Å². The van der Waals surface area contributed by atoms with Crippen molar-refractivity contribution in [2.75, 3.05) is 0 Å². The molecule has 0 spiro atoms. The van der Waals surface area contributed by atoms with Gasteiger partial charge in [0.2, 0.25) is 0 Å². The molecule has 74 valence electrons. The van der Waals surface area contributed by atoms with Gasteiger partial charge in [-0.05, 0) is 27.2 Å². The summed E-state index contributed by atoms with van der Waals surface area (Å²) in [4.78, 5) is 14.7. The Labute approximate surface area is 78.1 Å². The van der Waals surface area contributed by atoms with Crippen LogP contribution in [0.15, 0.2) is 4.99 Å². The van der Waals surface area contributed by atoms with Gasteiger partial charge in [-0.2, -0.15) is 0 Å². The van der Waals surface area contributed by atoms with Gasteiger partial charge in [0.25, 0.3) is 0 Å². The second-order valence-corrected chi connectivity index (χ2v) is 4.34. The van der Waals surface area contributed by atoms with Crippen LogP contribution in [-0.2, 0) is 4.79 Å². The third kappa shape index (κ3) is 3.05. The minimum Gasteiger partial charge on any atom is -0.480 e. The Kier molecular flexibility index (Phi) is 2.59. The zero-order chi connectivity index (χ0) is 10.1. The summed E-state index contributed by atoms with van der Waals surface area (Å²) < 4.78 is 0. The van der Waals surface area contributed by atoms with Crippen LogP contribution in [-0.4, -0.2) is 28.5 Å². The highest BCUT2D eigenvalue weighted by Crippen LogP contribution is 2.14. The summed E-state index contributed by atoms with van der Waals surface area (Å²) in [6.07, 6.45) is 1.36. The third-order valence-corrected chi connectivity index (χ3v) is 1.77. The molecule has 1 atom stereocenters. The summed E-state index contributed by atoms with van der Waals surface area (Å²) in [6, 6.07) is -0.537. The molecular formula is C9H16N2O2. The Bertz CT molecular complexity index is 240. The number of hydrogen-bond acceptors (Lipinski definition) is 3. The van der Waals surface area contributed by atoms with Crippen molar-refractivity contribution in [3.05, 3.63) is 0 Å². The van der Waals surface area contributed by atoms with Crippen LogP contribution < -0.4 is 5.32 Å². The van der Waals surface area contributed by atoms with Crippen LogP contribution in [0.25, 0.3) is 0 Å². The lowest BCUT2D eigenvalue weighted by atomic mass is 10.1. The number of amidine groups is 1. The molecule has 0 bridgehead atoms. The van der Waals surface area contributed by atoms with E-state index in [1.54, 1.807) is 0 Å². The largest absolute Gasteiger partial charge is 0.480 e. The summed E-state index contributed by atoms with van der Waals surface area (Å²) >= 11 is 0. The molecule has 0 amide bonds. The van der Waals surface area contributed by atoms with E-state index in [1.807, 2.05) is 20.8 Å². The lowest BCUT2D eigenvalue weighted by molar-refractivity contribution is -0.138. The molecule has 0 aliphatic carbocycles. The molecule has 4 nitrogen and oxygen atoms in total. The highest BCUT2D eigenvalue weighted by Gasteiger charge is 2.25. The van der Waals surface area contributed by atoms with Crippen molar-refractivity contribution < 1.29 is 9.90 Å². The van der Waals surface area contributed by atoms with Gasteiger partial charge in [-0.1, -0.05) is 0 Å². The second-order valence-electron chi connectivity index (χ2n) is 4.34. The van der Waals surface area contributed by atoms with Gasteiger partial charge in [0, 0.05) is 12.0 Å². The predicted molar refractivity (Wildman–Crippen MR) is 51.0 cm³/mol. The monoisotopic (exact) mass is 184 g/mol. The molecule has 0 saturated carbocycles. The molecule has 1 heterocycles. The molecule has 1 aliphatic rings. The molecule has 0 radical (unpaired) electrons. The Morgan fingerprint density at radius 1 is 1.62 bits per heavy atom. The van der Waals surface area contributed by atoms with E-state index in [9.17, 15) is 4.79 Å². The Morgan fingerprint density at radius 3 is 2.62 bits per heavy atom. The van der Waals surface area contributed by atoms with Gasteiger partial charge in [0.15, 0.2) is 0 Å². The SMILES string of the molecule is CC(C)(C)NC1=NC(C(=O)O)CC1. The number of hydrogen-bond donors (Lipinski definition) is 2. The van der Waals surface area contributed by atoms with Gasteiger partial charge in [-0.3, -0.25) is 4.99 Å². The van der Waals surface area contributed by atoms with E-state index in [-0.39, 0.29) is 5.54 Å². The number of carbonyl (C=O) groups is 1. The van der Waals surface area contributed by atoms with Crippen LogP contribution in [0.5, 0.6) is 0 Å². The zero-order valence-electron chi connectivity index (χ0n) is 8.29. The fourth-order valence-corrected chi connectivity index (χ4v) is 1.30. The molecule has 0 aromatic carbocycles. The van der Waals surface area contributed by atoms with E-state index in [1.165, 1.54) is 0 Å². The van der Waals surface area contributed by atoms with Crippen LogP contribution in [0.3, 0.4) is 0 Å². The van der Waals surface area contributed by atoms with Gasteiger partial charge in [-0.15, -0.1) is 0 Å². The summed E-state index contributed by atoms with van der Waals surface area (Å²) in [5, 5.41) is 11.9. The summed E-state index contributed by atoms with van der Waals surface area (Å²) in [5.74, 6) is -0.00870. The number of nitrogens with zero attached hydrogens (tertiary/aromatic N) is 1. The maximum atomic E-state index is 10.6. The van der Waals surface area contributed by atoms with Crippen LogP contribution >= 0.6 is 0 Å². The molecule has 2 N–H and O–H groups in total. The molecule has 0 fully saturated rings. The maximum absolute atomic E-state index is 10.6. The van der Waals surface area contributed by atoms with Crippen molar-refractivity contribution in [3.8, 4) is 0 Å². The molecule has 0 saturated heterocycles. The minimum absolute atomic E-state index is 0.0355. The lowest BCUT2D eigenvalue weighted by Gasteiger charge is -2.21. The smallest absolute Gasteiger partial charge is 0.328 e. The minimum atomic E-state index is -0.828. The van der Waals surface area contributed by atoms with Crippen LogP contribution in [0, 0.1) is 0 Å². The van der Waals surface area contributed by atoms with Crippen molar-refractivity contribution in [1.82, 2.24) is 5.32 Å². The van der Waals surface area contributed by atoms with Crippen LogP contribution in [0.1, 0.15) is 33.6 Å². The van der Waals surface area contributed by atoms with Crippen molar-refractivity contribution in [2.45, 2.75) is 45.2 Å². The summed E-state index contributed by atoms with van der Waals surface area (Å²) in [7, 11) is 0. The average Bonchev–Trinajstić information content (AvgIpc) is 2.31. The highest BCUT2D eigenvalue weighted by atomic mass is 16.4. The molecular weight excluding hydrogens is 168 g/mol. The normalized spacial score (nSPS) is 22.7. The van der Waals surface area contributed by atoms with Gasteiger partial charge in [0.05, 0.1) is 5.84 Å². The molecule has 1 unspecified atom stereocenters. The first-order valence-electron chi connectivity index (χ1n) is 4.46. The fraction of sp³-hybridized carbons (Fsp3) is 0.778. The second kappa shape index (κ2) is 3.36. The molecule has 4 heteroatoms. The fourth-order valence-electron chi connectivity index (χ4n) is 1.30. The number of aliphatic carboxylic acids is 1. The average molecular weight is 184 g/mol. The van der Waals surface area contributed by atoms with Crippen LogP contribution in [0.4, 0.5) is 0 Å². The third-order valence-electron chi connectivity index (χ3n) is 1.77. The van der Waals surface area contributed by atoms with E-state index in [0.29, 0.717) is 6.42 Å². The van der Waals surface area contributed by atoms with Gasteiger partial charge in [0.1, 0.15) is 6.04 Å². The topological polar surface area (TPSA) is 61.7 Å². The van der Waals surface area contributed by atoms with Crippen LogP contribution in [0.2, 0.25) is 0 Å². The first kappa shape index (κ1) is 10.0. The first-order chi connectivity index (χ1) is 5.88.